The van der Waals surface area contributed by atoms with Crippen molar-refractivity contribution >= 4 is 56.6 Å². The number of H-pyrrole nitrogens is 2. The van der Waals surface area contributed by atoms with Gasteiger partial charge in [-0.05, 0) is 74.1 Å². The number of fused-ring (bicyclic) bond motifs is 8. The van der Waals surface area contributed by atoms with Crippen molar-refractivity contribution in [2.24, 2.45) is 0 Å². The molecule has 8 bridgehead atoms. The van der Waals surface area contributed by atoms with Crippen LogP contribution in [0.1, 0.15) is 110 Å². The number of methoxy groups -OCH3 is 1. The van der Waals surface area contributed by atoms with Gasteiger partial charge < -0.3 is 24.9 Å². The van der Waals surface area contributed by atoms with Crippen molar-refractivity contribution in [2.45, 2.75) is 65.7 Å². The first-order chi connectivity index (χ1) is 21.0. The molecular weight excluding hydrogens is 556 g/mol. The van der Waals surface area contributed by atoms with Crippen molar-refractivity contribution in [3.63, 3.8) is 0 Å². The lowest BCUT2D eigenvalue weighted by Gasteiger charge is -2.17. The lowest BCUT2D eigenvalue weighted by molar-refractivity contribution is -0.137. The number of nitrogens with zero attached hydrogens (tertiary/aromatic N) is 2. The second-order valence-electron chi connectivity index (χ2n) is 11.7. The van der Waals surface area contributed by atoms with E-state index in [-0.39, 0.29) is 29.6 Å². The van der Waals surface area contributed by atoms with Gasteiger partial charge in [0.25, 0.3) is 0 Å². The molecule has 0 spiro atoms. The third-order valence-corrected chi connectivity index (χ3v) is 9.43. The minimum absolute atomic E-state index is 0.0491. The number of ether oxygens (including phenoxy) is 1. The molecule has 6 rings (SSSR count). The molecule has 9 nitrogen and oxygen atoms in total. The van der Waals surface area contributed by atoms with E-state index in [1.165, 1.54) is 7.11 Å². The summed E-state index contributed by atoms with van der Waals surface area (Å²) < 4.78 is 5.14. The summed E-state index contributed by atoms with van der Waals surface area (Å²) in [6, 6.07) is 5.98. The van der Waals surface area contributed by atoms with Gasteiger partial charge in [-0.25, -0.2) is 14.8 Å². The van der Waals surface area contributed by atoms with Crippen LogP contribution >= 0.6 is 0 Å². The maximum atomic E-state index is 13.2. The van der Waals surface area contributed by atoms with Crippen molar-refractivity contribution in [1.82, 2.24) is 19.9 Å². The minimum atomic E-state index is -0.906. The smallest absolute Gasteiger partial charge is 0.342 e. The lowest BCUT2D eigenvalue weighted by atomic mass is 9.85. The number of aryl methyl sites for hydroxylation is 1. The third kappa shape index (κ3) is 4.29. The van der Waals surface area contributed by atoms with Crippen molar-refractivity contribution < 1.29 is 24.5 Å². The van der Waals surface area contributed by atoms with Gasteiger partial charge in [0.1, 0.15) is 11.3 Å². The van der Waals surface area contributed by atoms with Crippen LogP contribution < -0.4 is 0 Å². The number of aromatic amines is 2. The van der Waals surface area contributed by atoms with E-state index in [9.17, 15) is 19.8 Å². The highest BCUT2D eigenvalue weighted by Gasteiger charge is 2.39. The molecule has 0 radical (unpaired) electrons. The molecule has 226 valence electrons. The van der Waals surface area contributed by atoms with Crippen molar-refractivity contribution in [1.29, 1.82) is 0 Å². The summed E-state index contributed by atoms with van der Waals surface area (Å²) in [5.41, 5.74) is 11.9. The Kier molecular flexibility index (Phi) is 7.07. The van der Waals surface area contributed by atoms with Crippen molar-refractivity contribution in [2.75, 3.05) is 7.11 Å². The van der Waals surface area contributed by atoms with Gasteiger partial charge in [0.2, 0.25) is 0 Å². The summed E-state index contributed by atoms with van der Waals surface area (Å²) >= 11 is 0. The number of rotatable bonds is 6. The first-order valence-electron chi connectivity index (χ1n) is 14.9. The fourth-order valence-corrected chi connectivity index (χ4v) is 6.96. The summed E-state index contributed by atoms with van der Waals surface area (Å²) in [4.78, 5) is 42.0. The number of allylic oxidation sites excluding steroid dienone is 5. The molecule has 4 N–H and O–H groups in total. The lowest BCUT2D eigenvalue weighted by Crippen LogP contribution is -2.10. The molecule has 0 saturated carbocycles. The number of carboxylic acids is 1. The van der Waals surface area contributed by atoms with Crippen LogP contribution in [-0.2, 0) is 14.3 Å². The highest BCUT2D eigenvalue weighted by Crippen LogP contribution is 2.49. The van der Waals surface area contributed by atoms with Gasteiger partial charge in [0.15, 0.2) is 0 Å². The third-order valence-electron chi connectivity index (χ3n) is 9.43. The van der Waals surface area contributed by atoms with Gasteiger partial charge in [-0.15, -0.1) is 0 Å². The number of hydrogen-bond acceptors (Lipinski definition) is 6. The number of aliphatic carboxylic acids is 1. The Labute approximate surface area is 255 Å². The number of nitrogens with one attached hydrogen (secondary N) is 2. The normalized spacial score (nSPS) is 18.2. The Morgan fingerprint density at radius 2 is 1.73 bits per heavy atom. The predicted molar refractivity (Wildman–Crippen MR) is 172 cm³/mol. The van der Waals surface area contributed by atoms with Crippen molar-refractivity contribution in [3.05, 3.63) is 81.7 Å². The summed E-state index contributed by atoms with van der Waals surface area (Å²) in [7, 11) is 1.28. The maximum absolute atomic E-state index is 13.2. The maximum Gasteiger partial charge on any atom is 0.342 e. The van der Waals surface area contributed by atoms with Crippen LogP contribution in [0.5, 0.6) is 0 Å². The molecule has 9 heteroatoms. The summed E-state index contributed by atoms with van der Waals surface area (Å²) in [5.74, 6) is -2.17. The first kappa shape index (κ1) is 29.2. The number of carboxylic acid groups (broad SMARTS) is 1. The average Bonchev–Trinajstić information content (AvgIpc) is 3.72. The van der Waals surface area contributed by atoms with Crippen molar-refractivity contribution in [3.8, 4) is 0 Å². The number of aliphatic hydroxyl groups excluding tert-OH is 1. The topological polar surface area (TPSA) is 141 Å². The van der Waals surface area contributed by atoms with Gasteiger partial charge in [-0.2, -0.15) is 0 Å². The predicted octanol–water partition coefficient (Wildman–Crippen LogP) is 7.47. The Hall–Kier alpha value is -4.92. The monoisotopic (exact) mass is 592 g/mol. The fourth-order valence-electron chi connectivity index (χ4n) is 6.96. The second-order valence-corrected chi connectivity index (χ2v) is 11.7. The van der Waals surface area contributed by atoms with E-state index in [4.69, 9.17) is 14.7 Å². The van der Waals surface area contributed by atoms with Crippen LogP contribution in [0.25, 0.3) is 44.7 Å². The molecule has 2 aromatic rings. The molecule has 4 aliphatic rings. The quantitative estimate of drug-likeness (QED) is 0.255. The number of aliphatic hydroxyl groups is 1. The van der Waals surface area contributed by atoms with E-state index in [0.29, 0.717) is 28.8 Å². The molecule has 0 aromatic carbocycles. The van der Waals surface area contributed by atoms with Crippen LogP contribution in [0, 0.1) is 6.92 Å². The van der Waals surface area contributed by atoms with E-state index in [1.807, 2.05) is 45.0 Å². The Morgan fingerprint density at radius 3 is 2.39 bits per heavy atom. The first-order valence-corrected chi connectivity index (χ1v) is 14.9. The Balaban J connectivity index is 1.81. The SMILES string of the molecule is C=CC1=C(C)c2cc3[nH]c(c4c5[nH]c(cc6nc(cc1n2)C(C)=C6CC)c(C)c5C(O)=C4C(=O)OC)[C@@H](CCC(=O)O)[C@@H]3C. The molecule has 3 aliphatic heterocycles. The minimum Gasteiger partial charge on any atom is -0.506 e. The molecule has 44 heavy (non-hydrogen) atoms. The number of carbonyl (C=O) groups is 2. The molecule has 0 unspecified atom stereocenters. The van der Waals surface area contributed by atoms with Crippen LogP contribution in [-0.4, -0.2) is 49.2 Å². The van der Waals surface area contributed by atoms with Gasteiger partial charge in [-0.1, -0.05) is 26.5 Å². The average molecular weight is 593 g/mol. The largest absolute Gasteiger partial charge is 0.506 e. The van der Waals surface area contributed by atoms with E-state index < -0.39 is 11.9 Å². The molecule has 0 amide bonds. The van der Waals surface area contributed by atoms with Gasteiger partial charge in [0.05, 0.1) is 35.4 Å². The summed E-state index contributed by atoms with van der Waals surface area (Å²) in [6.07, 6.45) is 2.85. The summed E-state index contributed by atoms with van der Waals surface area (Å²) in [5, 5.41) is 21.2. The van der Waals surface area contributed by atoms with Gasteiger partial charge in [-0.3, -0.25) is 4.79 Å². The van der Waals surface area contributed by atoms with E-state index >= 15 is 0 Å². The van der Waals surface area contributed by atoms with Crippen LogP contribution in [0.15, 0.2) is 30.9 Å². The number of esters is 1. The number of carbonyl (C=O) groups excluding carboxylic acids is 1. The van der Waals surface area contributed by atoms with Gasteiger partial charge >= 0.3 is 11.9 Å². The zero-order chi connectivity index (χ0) is 31.6. The van der Waals surface area contributed by atoms with Crippen LogP contribution in [0.4, 0.5) is 0 Å². The number of aromatic nitrogens is 4. The molecule has 1 aliphatic carbocycles. The highest BCUT2D eigenvalue weighted by molar-refractivity contribution is 6.30. The fraction of sp³-hybridized carbons (Fsp3) is 0.314. The molecule has 2 aromatic heterocycles. The Morgan fingerprint density at radius 1 is 1.02 bits per heavy atom. The van der Waals surface area contributed by atoms with E-state index in [1.54, 1.807) is 0 Å². The standard InChI is InChI=1S/C35H36N4O5/c1-8-19-15(3)22-12-24-17(5)21(10-11-28(40)41)32(38-24)30-31(35(43)44-7)34(42)29-18(6)25(39-33(29)30)14-27-20(9-2)16(4)23(37-27)13-26(19)36-22/h8,12-14,17,21,38-39,42H,1,9-11H2,2-7H3,(H,40,41)/t17-,21-/m0/s1. The second kappa shape index (κ2) is 10.7. The van der Waals surface area contributed by atoms with Gasteiger partial charge in [0, 0.05) is 51.9 Å². The zero-order valence-corrected chi connectivity index (χ0v) is 25.8. The molecule has 0 saturated heterocycles. The molecule has 2 atom stereocenters. The van der Waals surface area contributed by atoms with E-state index in [0.717, 1.165) is 68.3 Å². The number of hydrogen-bond donors (Lipinski definition) is 4. The summed E-state index contributed by atoms with van der Waals surface area (Å²) in [6.45, 7) is 14.2. The molecule has 0 fully saturated rings. The Bertz CT molecular complexity index is 1970. The zero-order valence-electron chi connectivity index (χ0n) is 25.8. The van der Waals surface area contributed by atoms with Crippen LogP contribution in [0.3, 0.4) is 0 Å². The molecule has 5 heterocycles. The van der Waals surface area contributed by atoms with Crippen LogP contribution in [0.2, 0.25) is 0 Å². The molecular formula is C35H36N4O5. The highest BCUT2D eigenvalue weighted by atomic mass is 16.5. The van der Waals surface area contributed by atoms with E-state index in [2.05, 4.69) is 30.4 Å².